The number of nitrogens with two attached hydrogens (primary N) is 1. The lowest BCUT2D eigenvalue weighted by molar-refractivity contribution is 0.289. The van der Waals surface area contributed by atoms with E-state index in [0.717, 1.165) is 38.2 Å². The normalized spacial score (nSPS) is 18.4. The van der Waals surface area contributed by atoms with Gasteiger partial charge in [-0.15, -0.1) is 0 Å². The molecule has 0 radical (unpaired) electrons. The van der Waals surface area contributed by atoms with E-state index in [2.05, 4.69) is 22.4 Å². The zero-order valence-electron chi connectivity index (χ0n) is 8.01. The number of hydrogen-bond donors (Lipinski definition) is 3. The summed E-state index contributed by atoms with van der Waals surface area (Å²) in [7, 11) is 0. The van der Waals surface area contributed by atoms with Crippen LogP contribution in [0.4, 0.5) is 0 Å². The third-order valence-corrected chi connectivity index (χ3v) is 2.21. The predicted octanol–water partition coefficient (Wildman–Crippen LogP) is -0.0588. The van der Waals surface area contributed by atoms with Gasteiger partial charge in [-0.25, -0.2) is 5.43 Å². The number of likely N-dealkylation sites (tertiary alicyclic amines) is 1. The molecule has 1 heterocycles. The van der Waals surface area contributed by atoms with Crippen LogP contribution < -0.4 is 11.2 Å². The van der Waals surface area contributed by atoms with Gasteiger partial charge in [-0.05, 0) is 6.54 Å². The maximum absolute atomic E-state index is 6.94. The molecule has 0 atom stereocenters. The van der Waals surface area contributed by atoms with Crippen molar-refractivity contribution in [2.24, 2.45) is 10.8 Å². The molecule has 1 fully saturated rings. The van der Waals surface area contributed by atoms with Crippen molar-refractivity contribution in [3.8, 4) is 0 Å². The van der Waals surface area contributed by atoms with Crippen LogP contribution >= 0.6 is 0 Å². The maximum Gasteiger partial charge on any atom is 0.206 e. The fraction of sp³-hybridized carbons (Fsp3) is 0.750. The van der Waals surface area contributed by atoms with Crippen molar-refractivity contribution in [1.29, 1.82) is 5.41 Å². The molecule has 0 aromatic carbocycles. The average Bonchev–Trinajstić information content (AvgIpc) is 2.15. The molecule has 74 valence electrons. The number of piperidine rings is 1. The Morgan fingerprint density at radius 1 is 1.62 bits per heavy atom. The van der Waals surface area contributed by atoms with Crippen LogP contribution in [0.25, 0.3) is 0 Å². The molecule has 1 rings (SSSR count). The lowest BCUT2D eigenvalue weighted by Gasteiger charge is -2.25. The van der Waals surface area contributed by atoms with Crippen molar-refractivity contribution in [1.82, 2.24) is 10.3 Å². The lowest BCUT2D eigenvalue weighted by Crippen LogP contribution is -2.35. The Labute approximate surface area is 78.5 Å². The summed E-state index contributed by atoms with van der Waals surface area (Å²) >= 11 is 0. The summed E-state index contributed by atoms with van der Waals surface area (Å²) in [5.74, 6) is -0.0922. The minimum absolute atomic E-state index is 0.0922. The quantitative estimate of drug-likeness (QED) is 0.319. The molecule has 1 aliphatic heterocycles. The largest absolute Gasteiger partial charge is 0.369 e. The summed E-state index contributed by atoms with van der Waals surface area (Å²) in [5, 5.41) is 11.0. The summed E-state index contributed by atoms with van der Waals surface area (Å²) < 4.78 is 0. The minimum atomic E-state index is -0.0922. The third-order valence-electron chi connectivity index (χ3n) is 2.21. The van der Waals surface area contributed by atoms with E-state index in [4.69, 9.17) is 11.1 Å². The van der Waals surface area contributed by atoms with Crippen LogP contribution in [0.3, 0.4) is 0 Å². The smallest absolute Gasteiger partial charge is 0.206 e. The van der Waals surface area contributed by atoms with Crippen molar-refractivity contribution in [3.05, 3.63) is 0 Å². The van der Waals surface area contributed by atoms with Crippen LogP contribution in [0.5, 0.6) is 0 Å². The molecular formula is C8H17N5. The van der Waals surface area contributed by atoms with E-state index in [1.807, 2.05) is 0 Å². The highest BCUT2D eigenvalue weighted by Crippen LogP contribution is 2.05. The average molecular weight is 183 g/mol. The molecule has 0 saturated carbocycles. The van der Waals surface area contributed by atoms with Crippen LogP contribution in [0.2, 0.25) is 0 Å². The fourth-order valence-corrected chi connectivity index (χ4v) is 1.38. The van der Waals surface area contributed by atoms with Gasteiger partial charge in [-0.3, -0.25) is 5.41 Å². The Morgan fingerprint density at radius 3 is 2.69 bits per heavy atom. The van der Waals surface area contributed by atoms with Crippen LogP contribution in [0.1, 0.15) is 19.8 Å². The molecule has 13 heavy (non-hydrogen) atoms. The number of hydrogen-bond acceptors (Lipinski definition) is 3. The molecule has 0 bridgehead atoms. The maximum atomic E-state index is 6.94. The van der Waals surface area contributed by atoms with Gasteiger partial charge in [-0.2, -0.15) is 5.10 Å². The van der Waals surface area contributed by atoms with Gasteiger partial charge in [0.15, 0.2) is 0 Å². The molecule has 1 aliphatic rings. The number of guanidine groups is 1. The third kappa shape index (κ3) is 3.42. The Balaban J connectivity index is 2.31. The number of nitrogens with zero attached hydrogens (tertiary/aromatic N) is 2. The Kier molecular flexibility index (Phi) is 3.70. The van der Waals surface area contributed by atoms with E-state index in [1.54, 1.807) is 0 Å². The SMILES string of the molecule is CCN1CCC(=NNC(=N)N)CC1. The molecule has 1 saturated heterocycles. The van der Waals surface area contributed by atoms with Crippen molar-refractivity contribution in [3.63, 3.8) is 0 Å². The van der Waals surface area contributed by atoms with Crippen molar-refractivity contribution in [2.45, 2.75) is 19.8 Å². The summed E-state index contributed by atoms with van der Waals surface area (Å²) in [4.78, 5) is 2.38. The van der Waals surface area contributed by atoms with Crippen molar-refractivity contribution >= 4 is 11.7 Å². The van der Waals surface area contributed by atoms with Gasteiger partial charge in [-0.1, -0.05) is 6.92 Å². The lowest BCUT2D eigenvalue weighted by atomic mass is 10.1. The molecular weight excluding hydrogens is 166 g/mol. The molecule has 0 amide bonds. The molecule has 5 nitrogen and oxygen atoms in total. The Morgan fingerprint density at radius 2 is 2.23 bits per heavy atom. The molecule has 0 aliphatic carbocycles. The van der Waals surface area contributed by atoms with E-state index < -0.39 is 0 Å². The minimum Gasteiger partial charge on any atom is -0.369 e. The molecule has 0 aromatic rings. The first kappa shape index (κ1) is 9.98. The first-order valence-electron chi connectivity index (χ1n) is 4.60. The number of nitrogens with one attached hydrogen (secondary N) is 2. The molecule has 0 spiro atoms. The van der Waals surface area contributed by atoms with Gasteiger partial charge in [0.05, 0.1) is 0 Å². The molecule has 5 heteroatoms. The highest BCUT2D eigenvalue weighted by molar-refractivity contribution is 5.87. The van der Waals surface area contributed by atoms with Gasteiger partial charge in [0.25, 0.3) is 0 Å². The van der Waals surface area contributed by atoms with E-state index in [-0.39, 0.29) is 5.96 Å². The van der Waals surface area contributed by atoms with Crippen molar-refractivity contribution < 1.29 is 0 Å². The Hall–Kier alpha value is -1.10. The number of hydrazone groups is 1. The highest BCUT2D eigenvalue weighted by atomic mass is 15.3. The molecule has 0 unspecified atom stereocenters. The summed E-state index contributed by atoms with van der Waals surface area (Å²) in [6, 6.07) is 0. The second-order valence-electron chi connectivity index (χ2n) is 3.14. The zero-order chi connectivity index (χ0) is 9.68. The van der Waals surface area contributed by atoms with Gasteiger partial charge >= 0.3 is 0 Å². The molecule has 0 aromatic heterocycles. The summed E-state index contributed by atoms with van der Waals surface area (Å²) in [6.45, 7) is 5.40. The molecule has 4 N–H and O–H groups in total. The second-order valence-corrected chi connectivity index (χ2v) is 3.14. The number of rotatable bonds is 2. The second kappa shape index (κ2) is 4.81. The van der Waals surface area contributed by atoms with E-state index in [0.29, 0.717) is 0 Å². The zero-order valence-corrected chi connectivity index (χ0v) is 8.01. The summed E-state index contributed by atoms with van der Waals surface area (Å²) in [5.41, 5.74) is 8.71. The van der Waals surface area contributed by atoms with Gasteiger partial charge in [0.2, 0.25) is 5.96 Å². The predicted molar refractivity (Wildman–Crippen MR) is 53.8 cm³/mol. The van der Waals surface area contributed by atoms with Gasteiger partial charge in [0, 0.05) is 31.6 Å². The van der Waals surface area contributed by atoms with Crippen LogP contribution in [-0.4, -0.2) is 36.2 Å². The first-order chi connectivity index (χ1) is 6.22. The monoisotopic (exact) mass is 183 g/mol. The van der Waals surface area contributed by atoms with Gasteiger partial charge in [0.1, 0.15) is 0 Å². The highest BCUT2D eigenvalue weighted by Gasteiger charge is 2.12. The summed E-state index contributed by atoms with van der Waals surface area (Å²) in [6.07, 6.45) is 1.96. The van der Waals surface area contributed by atoms with Crippen LogP contribution in [-0.2, 0) is 0 Å². The van der Waals surface area contributed by atoms with E-state index in [9.17, 15) is 0 Å². The van der Waals surface area contributed by atoms with E-state index in [1.165, 1.54) is 0 Å². The van der Waals surface area contributed by atoms with Crippen LogP contribution in [0.15, 0.2) is 5.10 Å². The van der Waals surface area contributed by atoms with E-state index >= 15 is 0 Å². The van der Waals surface area contributed by atoms with Gasteiger partial charge < -0.3 is 10.6 Å². The van der Waals surface area contributed by atoms with Crippen molar-refractivity contribution in [2.75, 3.05) is 19.6 Å². The first-order valence-corrected chi connectivity index (χ1v) is 4.60. The Bertz CT molecular complexity index is 201. The topological polar surface area (TPSA) is 77.5 Å². The van der Waals surface area contributed by atoms with Crippen LogP contribution in [0, 0.1) is 5.41 Å². The standard InChI is InChI=1S/C8H17N5/c1-2-13-5-3-7(4-6-13)11-12-8(9)10/h2-6H2,1H3,(H4,9,10,12). The fourth-order valence-electron chi connectivity index (χ4n) is 1.38.